The molecule has 132 valence electrons. The smallest absolute Gasteiger partial charge is 0.410 e. The van der Waals surface area contributed by atoms with Crippen molar-refractivity contribution >= 4 is 6.09 Å². The van der Waals surface area contributed by atoms with Gasteiger partial charge in [0.1, 0.15) is 11.9 Å². The summed E-state index contributed by atoms with van der Waals surface area (Å²) in [5.41, 5.74) is 2.20. The zero-order valence-electron chi connectivity index (χ0n) is 15.1. The molecule has 0 aliphatic carbocycles. The third kappa shape index (κ3) is 4.53. The van der Waals surface area contributed by atoms with Gasteiger partial charge in [-0.2, -0.15) is 0 Å². The van der Waals surface area contributed by atoms with E-state index >= 15 is 0 Å². The van der Waals surface area contributed by atoms with E-state index in [-0.39, 0.29) is 17.6 Å². The molecule has 0 saturated carbocycles. The Morgan fingerprint density at radius 1 is 1.12 bits per heavy atom. The second-order valence-corrected chi connectivity index (χ2v) is 7.39. The highest BCUT2D eigenvalue weighted by atomic mass is 16.6. The van der Waals surface area contributed by atoms with Gasteiger partial charge < -0.3 is 14.4 Å². The van der Waals surface area contributed by atoms with Crippen molar-refractivity contribution in [3.8, 4) is 5.75 Å². The normalized spacial score (nSPS) is 17.7. The summed E-state index contributed by atoms with van der Waals surface area (Å²) in [5.74, 6) is 0.821. The third-order valence-corrected chi connectivity index (χ3v) is 4.34. The maximum atomic E-state index is 11.9. The van der Waals surface area contributed by atoms with Crippen LogP contribution in [-0.4, -0.2) is 24.1 Å². The summed E-state index contributed by atoms with van der Waals surface area (Å²) in [6, 6.07) is 18.0. The fraction of sp³-hybridized carbons (Fsp3) is 0.381. The summed E-state index contributed by atoms with van der Waals surface area (Å²) >= 11 is 0. The van der Waals surface area contributed by atoms with E-state index in [0.29, 0.717) is 19.7 Å². The first-order valence-corrected chi connectivity index (χ1v) is 8.65. The molecule has 0 aromatic heterocycles. The summed E-state index contributed by atoms with van der Waals surface area (Å²) in [5, 5.41) is 0. The largest absolute Gasteiger partial charge is 0.486 e. The molecule has 2 aromatic rings. The highest BCUT2D eigenvalue weighted by Gasteiger charge is 2.32. The first kappa shape index (κ1) is 17.3. The van der Waals surface area contributed by atoms with Gasteiger partial charge in [0, 0.05) is 18.5 Å². The molecule has 1 fully saturated rings. The van der Waals surface area contributed by atoms with Crippen molar-refractivity contribution in [2.24, 2.45) is 5.41 Å². The van der Waals surface area contributed by atoms with Gasteiger partial charge in [0.2, 0.25) is 0 Å². The van der Waals surface area contributed by atoms with E-state index in [2.05, 4.69) is 26.0 Å². The third-order valence-electron chi connectivity index (χ3n) is 4.34. The van der Waals surface area contributed by atoms with Crippen LogP contribution in [0.15, 0.2) is 54.6 Å². The Labute approximate surface area is 149 Å². The molecule has 25 heavy (non-hydrogen) atoms. The minimum atomic E-state index is -0.239. The van der Waals surface area contributed by atoms with Crippen molar-refractivity contribution in [2.75, 3.05) is 13.2 Å². The zero-order chi connectivity index (χ0) is 17.9. The maximum Gasteiger partial charge on any atom is 0.410 e. The van der Waals surface area contributed by atoms with Gasteiger partial charge in [0.05, 0.1) is 6.61 Å². The number of amides is 1. The molecule has 1 aliphatic heterocycles. The van der Waals surface area contributed by atoms with E-state index in [0.717, 1.165) is 16.9 Å². The monoisotopic (exact) mass is 339 g/mol. The van der Waals surface area contributed by atoms with Crippen LogP contribution in [0.3, 0.4) is 0 Å². The van der Waals surface area contributed by atoms with Gasteiger partial charge in [0.15, 0.2) is 0 Å². The van der Waals surface area contributed by atoms with Crippen LogP contribution in [0.4, 0.5) is 4.79 Å². The van der Waals surface area contributed by atoms with E-state index in [1.807, 2.05) is 49.4 Å². The second-order valence-electron chi connectivity index (χ2n) is 7.39. The van der Waals surface area contributed by atoms with Crippen molar-refractivity contribution in [1.82, 2.24) is 4.90 Å². The Hall–Kier alpha value is -2.49. The molecule has 1 saturated heterocycles. The molecule has 0 bridgehead atoms. The lowest BCUT2D eigenvalue weighted by molar-refractivity contribution is 0.00679. The number of carbonyl (C=O) groups is 1. The Morgan fingerprint density at radius 3 is 2.48 bits per heavy atom. The molecule has 2 aromatic carbocycles. The molecule has 1 aliphatic rings. The fourth-order valence-corrected chi connectivity index (χ4v) is 2.99. The van der Waals surface area contributed by atoms with E-state index in [4.69, 9.17) is 9.47 Å². The molecular formula is C21H25NO3. The molecule has 1 heterocycles. The fourth-order valence-electron chi connectivity index (χ4n) is 2.99. The number of benzene rings is 2. The van der Waals surface area contributed by atoms with Crippen LogP contribution in [0.5, 0.6) is 5.75 Å². The summed E-state index contributed by atoms with van der Waals surface area (Å²) in [6.45, 7) is 7.98. The van der Waals surface area contributed by atoms with E-state index in [9.17, 15) is 4.79 Å². The topological polar surface area (TPSA) is 38.8 Å². The Bertz CT molecular complexity index is 710. The van der Waals surface area contributed by atoms with Gasteiger partial charge in [-0.25, -0.2) is 4.79 Å². The lowest BCUT2D eigenvalue weighted by atomic mass is 9.93. The predicted octanol–water partition coefficient (Wildman–Crippen LogP) is 4.81. The van der Waals surface area contributed by atoms with Crippen molar-refractivity contribution in [2.45, 2.75) is 33.4 Å². The Balaban J connectivity index is 1.61. The molecular weight excluding hydrogens is 314 g/mol. The van der Waals surface area contributed by atoms with Crippen LogP contribution < -0.4 is 4.74 Å². The van der Waals surface area contributed by atoms with Gasteiger partial charge >= 0.3 is 6.09 Å². The van der Waals surface area contributed by atoms with E-state index in [1.54, 1.807) is 4.90 Å². The molecule has 0 radical (unpaired) electrons. The highest BCUT2D eigenvalue weighted by Crippen LogP contribution is 2.26. The van der Waals surface area contributed by atoms with Crippen LogP contribution in [0.1, 0.15) is 38.0 Å². The second kappa shape index (κ2) is 7.18. The van der Waals surface area contributed by atoms with E-state index in [1.165, 1.54) is 0 Å². The van der Waals surface area contributed by atoms with Gasteiger partial charge in [0.25, 0.3) is 0 Å². The minimum Gasteiger partial charge on any atom is -0.486 e. The average Bonchev–Trinajstić information content (AvgIpc) is 2.60. The van der Waals surface area contributed by atoms with Crippen molar-refractivity contribution in [3.05, 3.63) is 65.7 Å². The van der Waals surface area contributed by atoms with Gasteiger partial charge in [-0.05, 0) is 30.2 Å². The zero-order valence-corrected chi connectivity index (χ0v) is 15.1. The van der Waals surface area contributed by atoms with Crippen molar-refractivity contribution in [3.63, 3.8) is 0 Å². The van der Waals surface area contributed by atoms with Crippen LogP contribution in [0.25, 0.3) is 0 Å². The van der Waals surface area contributed by atoms with Crippen LogP contribution in [0.2, 0.25) is 0 Å². The standard InChI is InChI=1S/C21H25NO3/c1-16(18-7-5-4-6-8-18)25-19-11-9-17(10-12-19)13-22-14-21(2,3)15-24-20(22)23/h4-12,16H,13-15H2,1-3H3. The predicted molar refractivity (Wildman–Crippen MR) is 97.5 cm³/mol. The Kier molecular flexibility index (Phi) is 4.98. The van der Waals surface area contributed by atoms with E-state index < -0.39 is 0 Å². The lowest BCUT2D eigenvalue weighted by Gasteiger charge is -2.37. The molecule has 0 N–H and O–H groups in total. The molecule has 3 rings (SSSR count). The summed E-state index contributed by atoms with van der Waals surface area (Å²) in [7, 11) is 0. The highest BCUT2D eigenvalue weighted by molar-refractivity contribution is 5.68. The van der Waals surface area contributed by atoms with Gasteiger partial charge in [-0.3, -0.25) is 0 Å². The number of carbonyl (C=O) groups excluding carboxylic acids is 1. The minimum absolute atomic E-state index is 0.00933. The molecule has 1 atom stereocenters. The number of ether oxygens (including phenoxy) is 2. The number of hydrogen-bond acceptors (Lipinski definition) is 3. The number of hydrogen-bond donors (Lipinski definition) is 0. The number of rotatable bonds is 5. The number of nitrogens with zero attached hydrogens (tertiary/aromatic N) is 1. The summed E-state index contributed by atoms with van der Waals surface area (Å²) in [6.07, 6.45) is -0.248. The van der Waals surface area contributed by atoms with Gasteiger partial charge in [-0.15, -0.1) is 0 Å². The molecule has 0 spiro atoms. The van der Waals surface area contributed by atoms with Crippen molar-refractivity contribution in [1.29, 1.82) is 0 Å². The molecule has 1 amide bonds. The maximum absolute atomic E-state index is 11.9. The average molecular weight is 339 g/mol. The summed E-state index contributed by atoms with van der Waals surface area (Å²) < 4.78 is 11.3. The Morgan fingerprint density at radius 2 is 1.80 bits per heavy atom. The van der Waals surface area contributed by atoms with Crippen LogP contribution in [0, 0.1) is 5.41 Å². The summed E-state index contributed by atoms with van der Waals surface area (Å²) in [4.78, 5) is 13.7. The van der Waals surface area contributed by atoms with Crippen LogP contribution >= 0.6 is 0 Å². The molecule has 1 unspecified atom stereocenters. The first-order valence-electron chi connectivity index (χ1n) is 8.65. The molecule has 4 nitrogen and oxygen atoms in total. The lowest BCUT2D eigenvalue weighted by Crippen LogP contribution is -2.46. The van der Waals surface area contributed by atoms with Crippen molar-refractivity contribution < 1.29 is 14.3 Å². The van der Waals surface area contributed by atoms with Crippen LogP contribution in [-0.2, 0) is 11.3 Å². The van der Waals surface area contributed by atoms with Gasteiger partial charge in [-0.1, -0.05) is 56.3 Å². The first-order chi connectivity index (χ1) is 11.9. The quantitative estimate of drug-likeness (QED) is 0.785. The SMILES string of the molecule is CC(Oc1ccc(CN2CC(C)(C)COC2=O)cc1)c1ccccc1. The number of cyclic esters (lactones) is 1. The molecule has 4 heteroatoms.